The third-order valence-corrected chi connectivity index (χ3v) is 4.92. The number of hydrogen-bond acceptors (Lipinski definition) is 7. The molecule has 0 aliphatic rings. The summed E-state index contributed by atoms with van der Waals surface area (Å²) in [6, 6.07) is 5.29. The molecule has 0 fully saturated rings. The number of carbonyl (C=O) groups excluding carboxylic acids is 1. The number of nitrogens with one attached hydrogen (secondary N) is 1. The lowest BCUT2D eigenvalue weighted by Crippen LogP contribution is -2.25. The lowest BCUT2D eigenvalue weighted by atomic mass is 10.2. The first kappa shape index (κ1) is 22.9. The number of amides is 1. The van der Waals surface area contributed by atoms with Gasteiger partial charge in [0.2, 0.25) is 5.89 Å². The summed E-state index contributed by atoms with van der Waals surface area (Å²) >= 11 is 12.2. The summed E-state index contributed by atoms with van der Waals surface area (Å²) in [6.45, 7) is 4.85. The Bertz CT molecular complexity index is 1050. The van der Waals surface area contributed by atoms with Crippen molar-refractivity contribution in [1.29, 1.82) is 0 Å². The van der Waals surface area contributed by atoms with Gasteiger partial charge in [-0.1, -0.05) is 23.2 Å². The Morgan fingerprint density at radius 1 is 1.13 bits per heavy atom. The molecule has 0 atom stereocenters. The number of ether oxygens (including phenoxy) is 2. The third kappa shape index (κ3) is 5.28. The first-order valence-electron chi connectivity index (χ1n) is 9.64. The molecule has 3 N–H and O–H groups in total. The number of halogens is 2. The molecule has 0 saturated carbocycles. The molecule has 0 spiro atoms. The smallest absolute Gasteiger partial charge is 0.273 e. The quantitative estimate of drug-likeness (QED) is 0.486. The number of hydrogen-bond donors (Lipinski definition) is 2. The molecule has 2 aromatic heterocycles. The van der Waals surface area contributed by atoms with Crippen molar-refractivity contribution >= 4 is 29.1 Å². The molecule has 0 aliphatic heterocycles. The van der Waals surface area contributed by atoms with Crippen LogP contribution in [0.1, 0.15) is 35.7 Å². The van der Waals surface area contributed by atoms with Crippen LogP contribution in [0, 0.1) is 0 Å². The summed E-state index contributed by atoms with van der Waals surface area (Å²) in [5, 5.41) is 3.44. The predicted molar refractivity (Wildman–Crippen MR) is 118 cm³/mol. The molecule has 164 valence electrons. The Kier molecular flexibility index (Phi) is 7.73. The van der Waals surface area contributed by atoms with Crippen molar-refractivity contribution in [2.24, 2.45) is 5.73 Å². The van der Waals surface area contributed by atoms with Crippen LogP contribution in [-0.4, -0.2) is 29.1 Å². The maximum absolute atomic E-state index is 12.7. The van der Waals surface area contributed by atoms with Gasteiger partial charge in [-0.3, -0.25) is 9.78 Å². The van der Waals surface area contributed by atoms with Crippen LogP contribution in [0.2, 0.25) is 10.0 Å². The number of benzene rings is 1. The van der Waals surface area contributed by atoms with Crippen molar-refractivity contribution in [3.63, 3.8) is 0 Å². The lowest BCUT2D eigenvalue weighted by molar-refractivity contribution is 0.0944. The number of rotatable bonds is 9. The number of nitrogens with two attached hydrogens (primary N) is 1. The van der Waals surface area contributed by atoms with Gasteiger partial charge >= 0.3 is 0 Å². The van der Waals surface area contributed by atoms with Crippen LogP contribution in [-0.2, 0) is 13.1 Å². The molecule has 1 amide bonds. The van der Waals surface area contributed by atoms with E-state index in [4.69, 9.17) is 42.8 Å². The van der Waals surface area contributed by atoms with E-state index in [1.165, 1.54) is 12.4 Å². The molecule has 0 bridgehead atoms. The summed E-state index contributed by atoms with van der Waals surface area (Å²) in [6.07, 6.45) is 2.91. The second-order valence-electron chi connectivity index (χ2n) is 6.29. The largest absolute Gasteiger partial charge is 0.490 e. The average Bonchev–Trinajstić information content (AvgIpc) is 3.19. The Balaban J connectivity index is 1.85. The molecular formula is C21H22Cl2N4O4. The highest BCUT2D eigenvalue weighted by atomic mass is 35.5. The van der Waals surface area contributed by atoms with E-state index in [1.807, 2.05) is 13.8 Å². The van der Waals surface area contributed by atoms with Crippen LogP contribution in [0.3, 0.4) is 0 Å². The maximum atomic E-state index is 12.7. The van der Waals surface area contributed by atoms with E-state index < -0.39 is 5.91 Å². The topological polar surface area (TPSA) is 112 Å². The fourth-order valence-electron chi connectivity index (χ4n) is 2.83. The predicted octanol–water partition coefficient (Wildman–Crippen LogP) is 4.23. The van der Waals surface area contributed by atoms with Gasteiger partial charge in [0.15, 0.2) is 23.0 Å². The molecule has 2 heterocycles. The molecule has 0 unspecified atom stereocenters. The van der Waals surface area contributed by atoms with Crippen LogP contribution in [0.15, 0.2) is 35.0 Å². The third-order valence-electron chi connectivity index (χ3n) is 4.27. The second-order valence-corrected chi connectivity index (χ2v) is 7.10. The van der Waals surface area contributed by atoms with Gasteiger partial charge < -0.3 is 24.9 Å². The fraction of sp³-hybridized carbons (Fsp3) is 0.286. The standard InChI is InChI=1S/C21H22Cl2N4O4/c1-3-29-16-6-5-12(7-17(16)30-4-2)21-27-19(18(8-24)31-21)20(28)26-9-13-14(22)10-25-11-15(13)23/h5-7,10-11H,3-4,8-9,24H2,1-2H3,(H,26,28). The van der Waals surface area contributed by atoms with E-state index in [1.54, 1.807) is 18.2 Å². The first-order chi connectivity index (χ1) is 15.0. The van der Waals surface area contributed by atoms with Crippen molar-refractivity contribution < 1.29 is 18.7 Å². The van der Waals surface area contributed by atoms with Gasteiger partial charge in [0.25, 0.3) is 5.91 Å². The van der Waals surface area contributed by atoms with Crippen LogP contribution >= 0.6 is 23.2 Å². The van der Waals surface area contributed by atoms with E-state index in [0.29, 0.717) is 45.9 Å². The van der Waals surface area contributed by atoms with Gasteiger partial charge in [0, 0.05) is 30.1 Å². The normalized spacial score (nSPS) is 10.7. The molecule has 0 radical (unpaired) electrons. The van der Waals surface area contributed by atoms with Gasteiger partial charge in [-0.25, -0.2) is 4.98 Å². The zero-order valence-electron chi connectivity index (χ0n) is 17.1. The minimum absolute atomic E-state index is 0.00185. The molecule has 0 saturated heterocycles. The zero-order valence-corrected chi connectivity index (χ0v) is 18.6. The maximum Gasteiger partial charge on any atom is 0.273 e. The highest BCUT2D eigenvalue weighted by molar-refractivity contribution is 6.35. The fourth-order valence-corrected chi connectivity index (χ4v) is 3.33. The van der Waals surface area contributed by atoms with Gasteiger partial charge in [-0.2, -0.15) is 0 Å². The van der Waals surface area contributed by atoms with Crippen LogP contribution in [0.25, 0.3) is 11.5 Å². The van der Waals surface area contributed by atoms with E-state index >= 15 is 0 Å². The van der Waals surface area contributed by atoms with Crippen molar-refractivity contribution in [1.82, 2.24) is 15.3 Å². The number of nitrogens with zero attached hydrogens (tertiary/aromatic N) is 2. The summed E-state index contributed by atoms with van der Waals surface area (Å²) in [7, 11) is 0. The number of pyridine rings is 1. The summed E-state index contributed by atoms with van der Waals surface area (Å²) in [5.74, 6) is 1.21. The van der Waals surface area contributed by atoms with Crippen molar-refractivity contribution in [3.8, 4) is 23.0 Å². The van der Waals surface area contributed by atoms with Crippen molar-refractivity contribution in [2.45, 2.75) is 26.9 Å². The molecular weight excluding hydrogens is 443 g/mol. The minimum Gasteiger partial charge on any atom is -0.490 e. The van der Waals surface area contributed by atoms with Gasteiger partial charge in [0.1, 0.15) is 0 Å². The number of aromatic nitrogens is 2. The molecule has 0 aliphatic carbocycles. The van der Waals surface area contributed by atoms with Crippen LogP contribution < -0.4 is 20.5 Å². The van der Waals surface area contributed by atoms with Gasteiger partial charge in [-0.05, 0) is 32.0 Å². The number of carbonyl (C=O) groups is 1. The van der Waals surface area contributed by atoms with Gasteiger partial charge in [-0.15, -0.1) is 0 Å². The summed E-state index contributed by atoms with van der Waals surface area (Å²) in [4.78, 5) is 21.0. The lowest BCUT2D eigenvalue weighted by Gasteiger charge is -2.11. The van der Waals surface area contributed by atoms with Gasteiger partial charge in [0.05, 0.1) is 29.8 Å². The highest BCUT2D eigenvalue weighted by Crippen LogP contribution is 2.33. The molecule has 3 aromatic rings. The first-order valence-corrected chi connectivity index (χ1v) is 10.4. The second kappa shape index (κ2) is 10.5. The molecule has 1 aromatic carbocycles. The summed E-state index contributed by atoms with van der Waals surface area (Å²) < 4.78 is 17.0. The minimum atomic E-state index is -0.463. The van der Waals surface area contributed by atoms with E-state index in [2.05, 4.69) is 15.3 Å². The molecule has 8 nitrogen and oxygen atoms in total. The molecule has 3 rings (SSSR count). The van der Waals surface area contributed by atoms with Crippen molar-refractivity contribution in [2.75, 3.05) is 13.2 Å². The van der Waals surface area contributed by atoms with E-state index in [0.717, 1.165) is 0 Å². The van der Waals surface area contributed by atoms with E-state index in [9.17, 15) is 4.79 Å². The molecule has 31 heavy (non-hydrogen) atoms. The highest BCUT2D eigenvalue weighted by Gasteiger charge is 2.21. The Morgan fingerprint density at radius 2 is 1.81 bits per heavy atom. The van der Waals surface area contributed by atoms with Crippen molar-refractivity contribution in [3.05, 3.63) is 57.7 Å². The zero-order chi connectivity index (χ0) is 22.4. The summed E-state index contributed by atoms with van der Waals surface area (Å²) in [5.41, 5.74) is 7.04. The SMILES string of the molecule is CCOc1ccc(-c2nc(C(=O)NCc3c(Cl)cncc3Cl)c(CN)o2)cc1OCC. The molecule has 10 heteroatoms. The van der Waals surface area contributed by atoms with E-state index in [-0.39, 0.29) is 30.4 Å². The Labute approximate surface area is 189 Å². The van der Waals surface area contributed by atoms with Crippen LogP contribution in [0.5, 0.6) is 11.5 Å². The Morgan fingerprint density at radius 3 is 2.45 bits per heavy atom. The number of oxazole rings is 1. The Hall–Kier alpha value is -2.81. The monoisotopic (exact) mass is 464 g/mol. The average molecular weight is 465 g/mol. The van der Waals surface area contributed by atoms with Crippen LogP contribution in [0.4, 0.5) is 0 Å².